The molecule has 4 N–H and O–H groups in total. The topological polar surface area (TPSA) is 139 Å². The van der Waals surface area contributed by atoms with Gasteiger partial charge in [-0.2, -0.15) is 4.91 Å². The van der Waals surface area contributed by atoms with E-state index in [2.05, 4.69) is 9.70 Å². The summed E-state index contributed by atoms with van der Waals surface area (Å²) in [6, 6.07) is -1.25. The Hall–Kier alpha value is -0.660. The van der Waals surface area contributed by atoms with Gasteiger partial charge in [-0.1, -0.05) is 5.18 Å². The van der Waals surface area contributed by atoms with E-state index in [9.17, 15) is 14.3 Å². The highest BCUT2D eigenvalue weighted by Crippen LogP contribution is 2.35. The average molecular weight is 212 g/mol. The number of nitroso groups, excluding NO2 is 1. The summed E-state index contributed by atoms with van der Waals surface area (Å²) in [6.45, 7) is -1.27. The van der Waals surface area contributed by atoms with E-state index in [0.717, 1.165) is 0 Å². The highest BCUT2D eigenvalue weighted by molar-refractivity contribution is 7.46. The monoisotopic (exact) mass is 212 g/mol. The minimum atomic E-state index is -4.62. The molecule has 0 rings (SSSR count). The molecule has 0 aliphatic heterocycles. The number of Topliss-reactive ketones (excluding diaryl/α,β-unsaturated/α-hetero) is 1. The smallest absolute Gasteiger partial charge is 0.320 e. The highest BCUT2D eigenvalue weighted by Gasteiger charge is 2.20. The van der Waals surface area contributed by atoms with Crippen LogP contribution >= 0.6 is 7.82 Å². The van der Waals surface area contributed by atoms with E-state index in [1.165, 1.54) is 0 Å². The lowest BCUT2D eigenvalue weighted by Gasteiger charge is -2.09. The van der Waals surface area contributed by atoms with Crippen molar-refractivity contribution in [1.29, 1.82) is 0 Å². The first-order valence-corrected chi connectivity index (χ1v) is 4.67. The quantitative estimate of drug-likeness (QED) is 0.369. The Morgan fingerprint density at radius 2 is 2.15 bits per heavy atom. The molecule has 0 fully saturated rings. The third-order valence-electron chi connectivity index (χ3n) is 1.06. The van der Waals surface area contributed by atoms with E-state index in [4.69, 9.17) is 15.5 Å². The zero-order chi connectivity index (χ0) is 10.5. The lowest BCUT2D eigenvalue weighted by Crippen LogP contribution is -2.36. The molecule has 0 aliphatic carbocycles. The summed E-state index contributed by atoms with van der Waals surface area (Å²) in [5.41, 5.74) is 5.09. The summed E-state index contributed by atoms with van der Waals surface area (Å²) in [5, 5.41) is 2.27. The van der Waals surface area contributed by atoms with Gasteiger partial charge in [-0.15, -0.1) is 0 Å². The van der Waals surface area contributed by atoms with Crippen LogP contribution in [0.15, 0.2) is 5.18 Å². The van der Waals surface area contributed by atoms with Crippen LogP contribution in [0.2, 0.25) is 0 Å². The molecule has 1 unspecified atom stereocenters. The molecule has 76 valence electrons. The molecule has 0 aliphatic rings. The normalized spacial score (nSPS) is 13.8. The van der Waals surface area contributed by atoms with Gasteiger partial charge in [0.1, 0.15) is 6.54 Å². The molecule has 0 saturated heterocycles. The molecular weight excluding hydrogens is 203 g/mol. The standard InChI is InChI=1S/C4H9N2O6P/c5-3(4(7)1-6-8)2-12-13(9,10)11/h3H,1-2,5H2,(H2,9,10,11). The summed E-state index contributed by atoms with van der Waals surface area (Å²) in [7, 11) is -4.62. The van der Waals surface area contributed by atoms with E-state index < -0.39 is 32.8 Å². The maximum absolute atomic E-state index is 10.7. The zero-order valence-electron chi connectivity index (χ0n) is 6.49. The fourth-order valence-corrected chi connectivity index (χ4v) is 0.806. The van der Waals surface area contributed by atoms with Crippen LogP contribution < -0.4 is 5.73 Å². The summed E-state index contributed by atoms with van der Waals surface area (Å²) in [5.74, 6) is -0.733. The van der Waals surface area contributed by atoms with Crippen LogP contribution in [-0.4, -0.2) is 34.8 Å². The second-order valence-electron chi connectivity index (χ2n) is 2.15. The molecular formula is C4H9N2O6P. The molecule has 0 heterocycles. The number of phosphoric acid groups is 1. The number of nitrogens with zero attached hydrogens (tertiary/aromatic N) is 1. The van der Waals surface area contributed by atoms with Gasteiger partial charge in [0.25, 0.3) is 0 Å². The molecule has 0 aromatic carbocycles. The summed E-state index contributed by atoms with van der Waals surface area (Å²) in [6.07, 6.45) is 0. The van der Waals surface area contributed by atoms with Crippen LogP contribution in [0.3, 0.4) is 0 Å². The van der Waals surface area contributed by atoms with E-state index >= 15 is 0 Å². The number of rotatable bonds is 6. The molecule has 0 radical (unpaired) electrons. The van der Waals surface area contributed by atoms with Crippen LogP contribution in [0, 0.1) is 4.91 Å². The minimum absolute atomic E-state index is 0.633. The molecule has 0 spiro atoms. The van der Waals surface area contributed by atoms with Gasteiger partial charge < -0.3 is 15.5 Å². The molecule has 13 heavy (non-hydrogen) atoms. The van der Waals surface area contributed by atoms with E-state index in [0.29, 0.717) is 0 Å². The van der Waals surface area contributed by atoms with Gasteiger partial charge >= 0.3 is 7.82 Å². The lowest BCUT2D eigenvalue weighted by atomic mass is 10.2. The zero-order valence-corrected chi connectivity index (χ0v) is 7.39. The Morgan fingerprint density at radius 3 is 2.54 bits per heavy atom. The van der Waals surface area contributed by atoms with Crippen molar-refractivity contribution in [3.05, 3.63) is 4.91 Å². The Bertz CT molecular complexity index is 237. The lowest BCUT2D eigenvalue weighted by molar-refractivity contribution is -0.119. The van der Waals surface area contributed by atoms with Crippen LogP contribution in [-0.2, 0) is 13.9 Å². The Kier molecular flexibility index (Phi) is 4.89. The van der Waals surface area contributed by atoms with Crippen molar-refractivity contribution in [2.24, 2.45) is 10.9 Å². The van der Waals surface area contributed by atoms with Gasteiger partial charge in [0, 0.05) is 0 Å². The van der Waals surface area contributed by atoms with E-state index in [1.54, 1.807) is 0 Å². The summed E-state index contributed by atoms with van der Waals surface area (Å²) < 4.78 is 14.1. The molecule has 1 atom stereocenters. The number of carbonyl (C=O) groups is 1. The fourth-order valence-electron chi connectivity index (χ4n) is 0.451. The van der Waals surface area contributed by atoms with Crippen LogP contribution in [0.5, 0.6) is 0 Å². The van der Waals surface area contributed by atoms with Crippen molar-refractivity contribution in [2.75, 3.05) is 13.2 Å². The predicted octanol–water partition coefficient (Wildman–Crippen LogP) is -1.24. The number of nitrogens with two attached hydrogens (primary N) is 1. The Labute approximate surface area is 73.3 Å². The molecule has 0 aromatic heterocycles. The predicted molar refractivity (Wildman–Crippen MR) is 41.6 cm³/mol. The molecule has 9 heteroatoms. The second kappa shape index (κ2) is 5.15. The van der Waals surface area contributed by atoms with Crippen molar-refractivity contribution >= 4 is 13.6 Å². The molecule has 8 nitrogen and oxygen atoms in total. The van der Waals surface area contributed by atoms with Gasteiger partial charge in [-0.05, 0) is 0 Å². The Balaban J connectivity index is 3.87. The number of hydrogen-bond acceptors (Lipinski definition) is 6. The average Bonchev–Trinajstić information content (AvgIpc) is 1.99. The maximum Gasteiger partial charge on any atom is 0.469 e. The van der Waals surface area contributed by atoms with Crippen LogP contribution in [0.4, 0.5) is 0 Å². The fraction of sp³-hybridized carbons (Fsp3) is 0.750. The van der Waals surface area contributed by atoms with Crippen molar-refractivity contribution < 1.29 is 23.7 Å². The highest BCUT2D eigenvalue weighted by atomic mass is 31.2. The molecule has 0 amide bonds. The van der Waals surface area contributed by atoms with Gasteiger partial charge in [-0.3, -0.25) is 9.32 Å². The maximum atomic E-state index is 10.7. The van der Waals surface area contributed by atoms with Crippen molar-refractivity contribution in [3.63, 3.8) is 0 Å². The van der Waals surface area contributed by atoms with Crippen LogP contribution in [0.25, 0.3) is 0 Å². The third kappa shape index (κ3) is 6.50. The van der Waals surface area contributed by atoms with Gasteiger partial charge in [0.05, 0.1) is 12.6 Å². The summed E-state index contributed by atoms with van der Waals surface area (Å²) >= 11 is 0. The number of carbonyl (C=O) groups excluding carboxylic acids is 1. The molecule has 0 bridgehead atoms. The molecule has 0 aromatic rings. The first-order chi connectivity index (χ1) is 5.87. The van der Waals surface area contributed by atoms with Gasteiger partial charge in [0.2, 0.25) is 0 Å². The number of hydrogen-bond donors (Lipinski definition) is 3. The number of ketones is 1. The summed E-state index contributed by atoms with van der Waals surface area (Å²) in [4.78, 5) is 36.7. The van der Waals surface area contributed by atoms with Crippen LogP contribution in [0.1, 0.15) is 0 Å². The minimum Gasteiger partial charge on any atom is -0.320 e. The second-order valence-corrected chi connectivity index (χ2v) is 3.39. The van der Waals surface area contributed by atoms with Crippen molar-refractivity contribution in [1.82, 2.24) is 0 Å². The van der Waals surface area contributed by atoms with Crippen molar-refractivity contribution in [3.8, 4) is 0 Å². The van der Waals surface area contributed by atoms with Crippen molar-refractivity contribution in [2.45, 2.75) is 6.04 Å². The SMILES string of the molecule is NC(COP(=O)(O)O)C(=O)CN=O. The Morgan fingerprint density at radius 1 is 1.62 bits per heavy atom. The largest absolute Gasteiger partial charge is 0.469 e. The number of phosphoric ester groups is 1. The first kappa shape index (κ1) is 12.3. The first-order valence-electron chi connectivity index (χ1n) is 3.14. The van der Waals surface area contributed by atoms with Gasteiger partial charge in [0.15, 0.2) is 5.78 Å². The van der Waals surface area contributed by atoms with Gasteiger partial charge in [-0.25, -0.2) is 4.57 Å². The molecule has 0 saturated carbocycles. The van der Waals surface area contributed by atoms with E-state index in [-0.39, 0.29) is 0 Å². The van der Waals surface area contributed by atoms with E-state index in [1.807, 2.05) is 0 Å². The third-order valence-corrected chi connectivity index (χ3v) is 1.54.